The molecule has 1 atom stereocenters. The monoisotopic (exact) mass is 282 g/mol. The van der Waals surface area contributed by atoms with Crippen LogP contribution in [0.25, 0.3) is 5.69 Å². The molecule has 0 aliphatic rings. The molecule has 3 rings (SSSR count). The first-order valence-electron chi connectivity index (χ1n) is 6.51. The maximum Gasteiger partial charge on any atom is 0.342 e. The molecule has 21 heavy (non-hydrogen) atoms. The van der Waals surface area contributed by atoms with Gasteiger partial charge in [0, 0.05) is 12.3 Å². The van der Waals surface area contributed by atoms with Gasteiger partial charge in [0.1, 0.15) is 6.33 Å². The molecule has 1 N–H and O–H groups in total. The molecule has 6 nitrogen and oxygen atoms in total. The molecule has 0 aliphatic carbocycles. The van der Waals surface area contributed by atoms with E-state index < -0.39 is 6.10 Å². The molecule has 0 radical (unpaired) electrons. The van der Waals surface area contributed by atoms with Gasteiger partial charge in [-0.3, -0.25) is 0 Å². The number of hydrogen-bond donors (Lipinski definition) is 1. The summed E-state index contributed by atoms with van der Waals surface area (Å²) in [6.45, 7) is 1.68. The van der Waals surface area contributed by atoms with Crippen molar-refractivity contribution in [3.8, 4) is 17.6 Å². The first-order valence-corrected chi connectivity index (χ1v) is 6.51. The minimum atomic E-state index is -0.579. The third kappa shape index (κ3) is 3.06. The molecule has 0 spiro atoms. The Morgan fingerprint density at radius 3 is 2.71 bits per heavy atom. The maximum absolute atomic E-state index is 9.55. The van der Waals surface area contributed by atoms with Gasteiger partial charge >= 0.3 is 6.01 Å². The van der Waals surface area contributed by atoms with E-state index in [1.165, 1.54) is 0 Å². The number of aliphatic hydroxyl groups is 1. The summed E-state index contributed by atoms with van der Waals surface area (Å²) in [7, 11) is 0. The highest BCUT2D eigenvalue weighted by atomic mass is 16.5. The van der Waals surface area contributed by atoms with Gasteiger partial charge in [0.2, 0.25) is 5.88 Å². The predicted molar refractivity (Wildman–Crippen MR) is 76.3 cm³/mol. The summed E-state index contributed by atoms with van der Waals surface area (Å²) < 4.78 is 7.12. The van der Waals surface area contributed by atoms with Crippen LogP contribution in [-0.4, -0.2) is 24.9 Å². The molecule has 6 heteroatoms. The molecule has 1 unspecified atom stereocenters. The summed E-state index contributed by atoms with van der Waals surface area (Å²) >= 11 is 0. The van der Waals surface area contributed by atoms with Gasteiger partial charge < -0.3 is 9.84 Å². The van der Waals surface area contributed by atoms with E-state index in [4.69, 9.17) is 4.74 Å². The SMILES string of the molecule is CC(O)c1ccnc(Oc2ncn(-c3ccccc3)n2)c1. The Labute approximate surface area is 121 Å². The molecular formula is C15H14N4O2. The molecule has 0 fully saturated rings. The highest BCUT2D eigenvalue weighted by Crippen LogP contribution is 2.20. The molecule has 0 aliphatic heterocycles. The lowest BCUT2D eigenvalue weighted by molar-refractivity contribution is 0.198. The fourth-order valence-corrected chi connectivity index (χ4v) is 1.83. The molecule has 106 valence electrons. The van der Waals surface area contributed by atoms with Gasteiger partial charge in [0.25, 0.3) is 0 Å². The smallest absolute Gasteiger partial charge is 0.342 e. The van der Waals surface area contributed by atoms with Crippen LogP contribution in [0.2, 0.25) is 0 Å². The van der Waals surface area contributed by atoms with Crippen LogP contribution in [0.4, 0.5) is 0 Å². The first kappa shape index (κ1) is 13.3. The predicted octanol–water partition coefficient (Wildman–Crippen LogP) is 2.51. The van der Waals surface area contributed by atoms with Gasteiger partial charge in [0.15, 0.2) is 0 Å². The van der Waals surface area contributed by atoms with Crippen LogP contribution in [-0.2, 0) is 0 Å². The normalized spacial score (nSPS) is 12.1. The molecule has 2 heterocycles. The average Bonchev–Trinajstić information content (AvgIpc) is 2.97. The standard InChI is InChI=1S/C15H14N4O2/c1-11(20)12-7-8-16-14(9-12)21-15-17-10-19(18-15)13-5-3-2-4-6-13/h2-11,20H,1H3. The molecule has 0 bridgehead atoms. The van der Waals surface area contributed by atoms with Crippen LogP contribution >= 0.6 is 0 Å². The van der Waals surface area contributed by atoms with E-state index in [-0.39, 0.29) is 6.01 Å². The van der Waals surface area contributed by atoms with E-state index >= 15 is 0 Å². The summed E-state index contributed by atoms with van der Waals surface area (Å²) in [5, 5.41) is 13.8. The lowest BCUT2D eigenvalue weighted by atomic mass is 10.2. The zero-order valence-corrected chi connectivity index (χ0v) is 11.4. The number of nitrogens with zero attached hydrogens (tertiary/aromatic N) is 4. The Morgan fingerprint density at radius 2 is 1.95 bits per heavy atom. The van der Waals surface area contributed by atoms with E-state index in [2.05, 4.69) is 15.1 Å². The summed E-state index contributed by atoms with van der Waals surface area (Å²) in [5.74, 6) is 0.346. The molecule has 1 aromatic carbocycles. The molecule has 2 aromatic heterocycles. The van der Waals surface area contributed by atoms with E-state index in [1.54, 1.807) is 36.3 Å². The van der Waals surface area contributed by atoms with E-state index in [1.807, 2.05) is 30.3 Å². The number of para-hydroxylation sites is 1. The van der Waals surface area contributed by atoms with Crippen LogP contribution in [0, 0.1) is 0 Å². The zero-order valence-electron chi connectivity index (χ0n) is 11.4. The second-order valence-electron chi connectivity index (χ2n) is 4.51. The number of ether oxygens (including phenoxy) is 1. The van der Waals surface area contributed by atoms with Crippen molar-refractivity contribution in [2.24, 2.45) is 0 Å². The number of aliphatic hydroxyl groups excluding tert-OH is 1. The molecular weight excluding hydrogens is 268 g/mol. The summed E-state index contributed by atoms with van der Waals surface area (Å²) in [4.78, 5) is 8.17. The van der Waals surface area contributed by atoms with Gasteiger partial charge in [0.05, 0.1) is 11.8 Å². The van der Waals surface area contributed by atoms with Crippen molar-refractivity contribution in [3.63, 3.8) is 0 Å². The summed E-state index contributed by atoms with van der Waals surface area (Å²) in [5.41, 5.74) is 1.62. The maximum atomic E-state index is 9.55. The summed E-state index contributed by atoms with van der Waals surface area (Å²) in [6.07, 6.45) is 2.57. The Balaban J connectivity index is 1.80. The molecule has 3 aromatic rings. The molecule has 0 saturated carbocycles. The number of hydrogen-bond acceptors (Lipinski definition) is 5. The first-order chi connectivity index (χ1) is 10.2. The second-order valence-corrected chi connectivity index (χ2v) is 4.51. The lowest BCUT2D eigenvalue weighted by Gasteiger charge is -2.05. The van der Waals surface area contributed by atoms with Crippen molar-refractivity contribution in [3.05, 3.63) is 60.6 Å². The van der Waals surface area contributed by atoms with Crippen LogP contribution in [0.3, 0.4) is 0 Å². The highest BCUT2D eigenvalue weighted by Gasteiger charge is 2.08. The van der Waals surface area contributed by atoms with Gasteiger partial charge in [-0.15, -0.1) is 5.10 Å². The number of benzene rings is 1. The van der Waals surface area contributed by atoms with Gasteiger partial charge in [-0.1, -0.05) is 18.2 Å². The van der Waals surface area contributed by atoms with Gasteiger partial charge in [-0.2, -0.15) is 4.98 Å². The van der Waals surface area contributed by atoms with Crippen LogP contribution in [0.5, 0.6) is 11.9 Å². The topological polar surface area (TPSA) is 73.1 Å². The number of rotatable bonds is 4. The van der Waals surface area contributed by atoms with Crippen LogP contribution < -0.4 is 4.74 Å². The Bertz CT molecular complexity index is 725. The van der Waals surface area contributed by atoms with Gasteiger partial charge in [-0.05, 0) is 30.7 Å². The average molecular weight is 282 g/mol. The largest absolute Gasteiger partial charge is 0.404 e. The highest BCUT2D eigenvalue weighted by molar-refractivity contribution is 5.30. The second kappa shape index (κ2) is 5.72. The van der Waals surface area contributed by atoms with Gasteiger partial charge in [-0.25, -0.2) is 9.67 Å². The lowest BCUT2D eigenvalue weighted by Crippen LogP contribution is -1.96. The fraction of sp³-hybridized carbons (Fsp3) is 0.133. The van der Waals surface area contributed by atoms with Crippen molar-refractivity contribution in [2.45, 2.75) is 13.0 Å². The van der Waals surface area contributed by atoms with Crippen molar-refractivity contribution in [2.75, 3.05) is 0 Å². The van der Waals surface area contributed by atoms with Crippen molar-refractivity contribution < 1.29 is 9.84 Å². The van der Waals surface area contributed by atoms with Crippen LogP contribution in [0.1, 0.15) is 18.6 Å². The minimum absolute atomic E-state index is 0.203. The summed E-state index contributed by atoms with van der Waals surface area (Å²) in [6, 6.07) is 13.2. The third-order valence-corrected chi connectivity index (χ3v) is 2.93. The Hall–Kier alpha value is -2.73. The van der Waals surface area contributed by atoms with Crippen molar-refractivity contribution >= 4 is 0 Å². The number of pyridine rings is 1. The van der Waals surface area contributed by atoms with Crippen molar-refractivity contribution in [1.29, 1.82) is 0 Å². The third-order valence-electron chi connectivity index (χ3n) is 2.93. The van der Waals surface area contributed by atoms with Crippen LogP contribution in [0.15, 0.2) is 55.0 Å². The molecule has 0 saturated heterocycles. The Morgan fingerprint density at radius 1 is 1.14 bits per heavy atom. The number of aromatic nitrogens is 4. The fourth-order valence-electron chi connectivity index (χ4n) is 1.83. The molecule has 0 amide bonds. The van der Waals surface area contributed by atoms with E-state index in [9.17, 15) is 5.11 Å². The van der Waals surface area contributed by atoms with E-state index in [0.29, 0.717) is 5.88 Å². The minimum Gasteiger partial charge on any atom is -0.404 e. The zero-order chi connectivity index (χ0) is 14.7. The quantitative estimate of drug-likeness (QED) is 0.796. The Kier molecular flexibility index (Phi) is 3.61. The van der Waals surface area contributed by atoms with Crippen molar-refractivity contribution in [1.82, 2.24) is 19.7 Å². The van der Waals surface area contributed by atoms with E-state index in [0.717, 1.165) is 11.3 Å².